The van der Waals surface area contributed by atoms with Gasteiger partial charge in [0.25, 0.3) is 5.69 Å². The average molecular weight is 398 g/mol. The standard InChI is InChI=1S/C19H18N4O6/c1-11-3-4-12(9-16(11)23(27)28)21-17(24)15-10-20-19(26)22(18(15)25)13-5-7-14(29-2)8-6-13/h3-9,15H,10H2,1-2H3,(H,20,26)(H,21,24). The van der Waals surface area contributed by atoms with E-state index in [4.69, 9.17) is 4.74 Å². The molecule has 150 valence electrons. The molecule has 1 fully saturated rings. The summed E-state index contributed by atoms with van der Waals surface area (Å²) in [6, 6.07) is 9.82. The van der Waals surface area contributed by atoms with E-state index in [9.17, 15) is 24.5 Å². The number of rotatable bonds is 5. The number of ether oxygens (including phenoxy) is 1. The summed E-state index contributed by atoms with van der Waals surface area (Å²) >= 11 is 0. The third-order valence-corrected chi connectivity index (χ3v) is 4.50. The van der Waals surface area contributed by atoms with Crippen molar-refractivity contribution in [2.24, 2.45) is 5.92 Å². The van der Waals surface area contributed by atoms with Crippen LogP contribution in [0.2, 0.25) is 0 Å². The predicted molar refractivity (Wildman–Crippen MR) is 104 cm³/mol. The Balaban J connectivity index is 1.80. The fraction of sp³-hybridized carbons (Fsp3) is 0.211. The second-order valence-electron chi connectivity index (χ2n) is 6.36. The van der Waals surface area contributed by atoms with Gasteiger partial charge >= 0.3 is 6.03 Å². The molecule has 2 N–H and O–H groups in total. The normalized spacial score (nSPS) is 16.2. The van der Waals surface area contributed by atoms with Crippen molar-refractivity contribution in [2.75, 3.05) is 23.9 Å². The van der Waals surface area contributed by atoms with Crippen LogP contribution in [0.3, 0.4) is 0 Å². The number of methoxy groups -OCH3 is 1. The molecule has 0 saturated carbocycles. The number of nitrogens with one attached hydrogen (secondary N) is 2. The van der Waals surface area contributed by atoms with E-state index in [2.05, 4.69) is 10.6 Å². The van der Waals surface area contributed by atoms with Crippen molar-refractivity contribution in [2.45, 2.75) is 6.92 Å². The largest absolute Gasteiger partial charge is 0.497 e. The molecule has 0 spiro atoms. The van der Waals surface area contributed by atoms with Crippen LogP contribution in [0.15, 0.2) is 42.5 Å². The van der Waals surface area contributed by atoms with Crippen LogP contribution in [0.4, 0.5) is 21.9 Å². The van der Waals surface area contributed by atoms with Crippen LogP contribution in [-0.4, -0.2) is 36.4 Å². The summed E-state index contributed by atoms with van der Waals surface area (Å²) in [6.07, 6.45) is 0. The number of aryl methyl sites for hydroxylation is 1. The van der Waals surface area contributed by atoms with Gasteiger partial charge in [0.2, 0.25) is 11.8 Å². The molecular weight excluding hydrogens is 380 g/mol. The van der Waals surface area contributed by atoms with Crippen LogP contribution in [0.1, 0.15) is 5.56 Å². The van der Waals surface area contributed by atoms with Gasteiger partial charge in [-0.1, -0.05) is 6.07 Å². The number of carbonyl (C=O) groups excluding carboxylic acids is 3. The zero-order chi connectivity index (χ0) is 21.1. The Bertz CT molecular complexity index is 989. The summed E-state index contributed by atoms with van der Waals surface area (Å²) in [5, 5.41) is 16.1. The molecule has 2 aromatic rings. The Morgan fingerprint density at radius 3 is 2.55 bits per heavy atom. The van der Waals surface area contributed by atoms with E-state index in [1.54, 1.807) is 19.1 Å². The SMILES string of the molecule is COc1ccc(N2C(=O)NCC(C(=O)Nc3ccc(C)c([N+](=O)[O-])c3)C2=O)cc1. The highest BCUT2D eigenvalue weighted by Crippen LogP contribution is 2.25. The Labute approximate surface area is 165 Å². The molecule has 10 heteroatoms. The highest BCUT2D eigenvalue weighted by molar-refractivity contribution is 6.23. The highest BCUT2D eigenvalue weighted by Gasteiger charge is 2.39. The second-order valence-corrected chi connectivity index (χ2v) is 6.36. The minimum absolute atomic E-state index is 0.147. The Morgan fingerprint density at radius 2 is 1.93 bits per heavy atom. The van der Waals surface area contributed by atoms with Gasteiger partial charge in [-0.05, 0) is 37.3 Å². The van der Waals surface area contributed by atoms with E-state index in [0.29, 0.717) is 11.3 Å². The molecule has 0 aromatic heterocycles. The average Bonchev–Trinajstić information content (AvgIpc) is 2.69. The Kier molecular flexibility index (Phi) is 5.44. The zero-order valence-corrected chi connectivity index (χ0v) is 15.7. The Hall–Kier alpha value is -3.95. The van der Waals surface area contributed by atoms with Gasteiger partial charge in [0, 0.05) is 23.9 Å². The van der Waals surface area contributed by atoms with Crippen LogP contribution in [0.5, 0.6) is 5.75 Å². The van der Waals surface area contributed by atoms with Crippen molar-refractivity contribution >= 4 is 34.9 Å². The predicted octanol–water partition coefficient (Wildman–Crippen LogP) is 2.22. The minimum Gasteiger partial charge on any atom is -0.497 e. The third kappa shape index (κ3) is 4.00. The van der Waals surface area contributed by atoms with Gasteiger partial charge in [-0.3, -0.25) is 19.7 Å². The first-order valence-electron chi connectivity index (χ1n) is 8.63. The number of carbonyl (C=O) groups is 3. The molecule has 3 rings (SSSR count). The number of hydrogen-bond donors (Lipinski definition) is 2. The number of anilines is 2. The number of benzene rings is 2. The quantitative estimate of drug-likeness (QED) is 0.451. The lowest BCUT2D eigenvalue weighted by Gasteiger charge is -2.30. The molecule has 1 aliphatic heterocycles. The molecule has 1 atom stereocenters. The van der Waals surface area contributed by atoms with E-state index < -0.39 is 28.7 Å². The maximum atomic E-state index is 12.8. The lowest BCUT2D eigenvalue weighted by Crippen LogP contribution is -2.58. The fourth-order valence-electron chi connectivity index (χ4n) is 2.91. The highest BCUT2D eigenvalue weighted by atomic mass is 16.6. The van der Waals surface area contributed by atoms with Crippen LogP contribution >= 0.6 is 0 Å². The van der Waals surface area contributed by atoms with Gasteiger partial charge in [0.15, 0.2) is 0 Å². The summed E-state index contributed by atoms with van der Waals surface area (Å²) in [5.41, 5.74) is 0.774. The van der Waals surface area contributed by atoms with Gasteiger partial charge in [-0.2, -0.15) is 0 Å². The van der Waals surface area contributed by atoms with Crippen LogP contribution in [0.25, 0.3) is 0 Å². The van der Waals surface area contributed by atoms with E-state index in [0.717, 1.165) is 4.90 Å². The smallest absolute Gasteiger partial charge is 0.328 e. The van der Waals surface area contributed by atoms with E-state index in [1.807, 2.05) is 0 Å². The van der Waals surface area contributed by atoms with Crippen LogP contribution in [-0.2, 0) is 9.59 Å². The molecule has 1 saturated heterocycles. The maximum Gasteiger partial charge on any atom is 0.328 e. The van der Waals surface area contributed by atoms with Crippen molar-refractivity contribution in [3.05, 3.63) is 58.1 Å². The number of nitro benzene ring substituents is 1. The monoisotopic (exact) mass is 398 g/mol. The van der Waals surface area contributed by atoms with Crippen molar-refractivity contribution < 1.29 is 24.0 Å². The molecule has 10 nitrogen and oxygen atoms in total. The van der Waals surface area contributed by atoms with E-state index in [1.165, 1.54) is 37.4 Å². The van der Waals surface area contributed by atoms with Gasteiger partial charge in [-0.25, -0.2) is 9.69 Å². The van der Waals surface area contributed by atoms with Gasteiger partial charge in [0.1, 0.15) is 11.7 Å². The molecule has 29 heavy (non-hydrogen) atoms. The van der Waals surface area contributed by atoms with E-state index in [-0.39, 0.29) is 23.6 Å². The van der Waals surface area contributed by atoms with Crippen molar-refractivity contribution in [3.63, 3.8) is 0 Å². The first-order chi connectivity index (χ1) is 13.8. The second kappa shape index (κ2) is 7.97. The number of nitrogens with zero attached hydrogens (tertiary/aromatic N) is 2. The lowest BCUT2D eigenvalue weighted by atomic mass is 10.0. The molecule has 2 aromatic carbocycles. The fourth-order valence-corrected chi connectivity index (χ4v) is 2.91. The summed E-state index contributed by atoms with van der Waals surface area (Å²) < 4.78 is 5.05. The summed E-state index contributed by atoms with van der Waals surface area (Å²) in [5.74, 6) is -2.01. The number of imide groups is 1. The van der Waals surface area contributed by atoms with Crippen LogP contribution < -0.4 is 20.3 Å². The lowest BCUT2D eigenvalue weighted by molar-refractivity contribution is -0.385. The number of nitro groups is 1. The zero-order valence-electron chi connectivity index (χ0n) is 15.7. The first-order valence-corrected chi connectivity index (χ1v) is 8.63. The molecule has 1 unspecified atom stereocenters. The molecule has 1 heterocycles. The molecule has 0 bridgehead atoms. The summed E-state index contributed by atoms with van der Waals surface area (Å²) in [7, 11) is 1.49. The minimum atomic E-state index is -1.19. The molecule has 0 aliphatic carbocycles. The van der Waals surface area contributed by atoms with Crippen LogP contribution in [0, 0.1) is 23.0 Å². The van der Waals surface area contributed by atoms with Gasteiger partial charge < -0.3 is 15.4 Å². The molecule has 1 aliphatic rings. The molecular formula is C19H18N4O6. The Morgan fingerprint density at radius 1 is 1.24 bits per heavy atom. The van der Waals surface area contributed by atoms with Crippen molar-refractivity contribution in [1.29, 1.82) is 0 Å². The number of urea groups is 1. The van der Waals surface area contributed by atoms with E-state index >= 15 is 0 Å². The van der Waals surface area contributed by atoms with Gasteiger partial charge in [-0.15, -0.1) is 0 Å². The summed E-state index contributed by atoms with van der Waals surface area (Å²) in [4.78, 5) is 49.0. The van der Waals surface area contributed by atoms with Gasteiger partial charge in [0.05, 0.1) is 17.7 Å². The third-order valence-electron chi connectivity index (χ3n) is 4.50. The van der Waals surface area contributed by atoms with Crippen molar-refractivity contribution in [3.8, 4) is 5.75 Å². The first kappa shape index (κ1) is 19.8. The molecule has 4 amide bonds. The topological polar surface area (TPSA) is 131 Å². The van der Waals surface area contributed by atoms with Crippen molar-refractivity contribution in [1.82, 2.24) is 5.32 Å². The number of amides is 4. The number of hydrogen-bond acceptors (Lipinski definition) is 6. The summed E-state index contributed by atoms with van der Waals surface area (Å²) in [6.45, 7) is 1.40. The maximum absolute atomic E-state index is 12.8. The molecule has 0 radical (unpaired) electrons.